The van der Waals surface area contributed by atoms with Crippen molar-refractivity contribution in [3.63, 3.8) is 0 Å². The Bertz CT molecular complexity index is 620. The lowest BCUT2D eigenvalue weighted by Crippen LogP contribution is -2.16. The second-order valence-corrected chi connectivity index (χ2v) is 5.42. The quantitative estimate of drug-likeness (QED) is 0.587. The van der Waals surface area contributed by atoms with Gasteiger partial charge in [-0.25, -0.2) is 9.59 Å². The van der Waals surface area contributed by atoms with Crippen LogP contribution in [0, 0.1) is 5.92 Å². The molecule has 0 saturated heterocycles. The SMILES string of the molecule is COC(=O)/C=C(/Nc1ccc(NC(=O)CC(C)C)cc1)C(=O)OC. The molecule has 0 spiro atoms. The van der Waals surface area contributed by atoms with E-state index < -0.39 is 11.9 Å². The highest BCUT2D eigenvalue weighted by Crippen LogP contribution is 2.16. The van der Waals surface area contributed by atoms with Crippen LogP contribution in [0.4, 0.5) is 11.4 Å². The third kappa shape index (κ3) is 6.51. The van der Waals surface area contributed by atoms with E-state index in [2.05, 4.69) is 20.1 Å². The highest BCUT2D eigenvalue weighted by molar-refractivity contribution is 5.98. The van der Waals surface area contributed by atoms with Gasteiger partial charge in [0.1, 0.15) is 5.70 Å². The Morgan fingerprint density at radius 1 is 1.00 bits per heavy atom. The van der Waals surface area contributed by atoms with Crippen molar-refractivity contribution in [2.24, 2.45) is 5.92 Å². The van der Waals surface area contributed by atoms with Gasteiger partial charge >= 0.3 is 11.9 Å². The van der Waals surface area contributed by atoms with E-state index in [4.69, 9.17) is 0 Å². The van der Waals surface area contributed by atoms with Gasteiger partial charge in [0.2, 0.25) is 5.91 Å². The number of amides is 1. The Balaban J connectivity index is 2.80. The molecule has 0 aliphatic heterocycles. The van der Waals surface area contributed by atoms with Crippen LogP contribution in [0.15, 0.2) is 36.0 Å². The molecule has 0 aromatic heterocycles. The summed E-state index contributed by atoms with van der Waals surface area (Å²) in [6.45, 7) is 3.93. The number of hydrogen-bond acceptors (Lipinski definition) is 6. The molecule has 24 heavy (non-hydrogen) atoms. The maximum Gasteiger partial charge on any atom is 0.354 e. The minimum atomic E-state index is -0.699. The molecule has 7 heteroatoms. The predicted octanol–water partition coefficient (Wildman–Crippen LogP) is 2.31. The lowest BCUT2D eigenvalue weighted by molar-refractivity contribution is -0.138. The number of rotatable bonds is 7. The van der Waals surface area contributed by atoms with Crippen LogP contribution >= 0.6 is 0 Å². The largest absolute Gasteiger partial charge is 0.466 e. The molecule has 1 rings (SSSR count). The zero-order valence-electron chi connectivity index (χ0n) is 14.2. The highest BCUT2D eigenvalue weighted by atomic mass is 16.5. The van der Waals surface area contributed by atoms with Gasteiger partial charge in [0.25, 0.3) is 0 Å². The first-order valence-electron chi connectivity index (χ1n) is 7.40. The van der Waals surface area contributed by atoms with E-state index in [1.54, 1.807) is 24.3 Å². The number of carbonyl (C=O) groups is 3. The summed E-state index contributed by atoms with van der Waals surface area (Å²) < 4.78 is 9.11. The van der Waals surface area contributed by atoms with Gasteiger partial charge in [0.15, 0.2) is 0 Å². The average molecular weight is 334 g/mol. The monoisotopic (exact) mass is 334 g/mol. The average Bonchev–Trinajstić information content (AvgIpc) is 2.54. The second-order valence-electron chi connectivity index (χ2n) is 5.42. The molecule has 130 valence electrons. The van der Waals surface area contributed by atoms with Crippen molar-refractivity contribution in [2.75, 3.05) is 24.9 Å². The number of benzene rings is 1. The number of carbonyl (C=O) groups excluding carboxylic acids is 3. The van der Waals surface area contributed by atoms with E-state index in [9.17, 15) is 14.4 Å². The Morgan fingerprint density at radius 3 is 2.00 bits per heavy atom. The van der Waals surface area contributed by atoms with Crippen molar-refractivity contribution in [2.45, 2.75) is 20.3 Å². The molecular formula is C17H22N2O5. The first-order valence-corrected chi connectivity index (χ1v) is 7.40. The molecule has 0 aliphatic carbocycles. The molecule has 0 radical (unpaired) electrons. The van der Waals surface area contributed by atoms with Gasteiger partial charge in [-0.05, 0) is 30.2 Å². The Labute approximate surface area is 141 Å². The molecule has 7 nitrogen and oxygen atoms in total. The first kappa shape index (κ1) is 19.2. The van der Waals surface area contributed by atoms with E-state index in [0.29, 0.717) is 17.8 Å². The van der Waals surface area contributed by atoms with Gasteiger partial charge < -0.3 is 20.1 Å². The van der Waals surface area contributed by atoms with Crippen LogP contribution in [-0.4, -0.2) is 32.1 Å². The molecule has 1 amide bonds. The molecule has 0 aliphatic rings. The second kappa shape index (κ2) is 9.34. The van der Waals surface area contributed by atoms with E-state index in [0.717, 1.165) is 6.08 Å². The lowest BCUT2D eigenvalue weighted by atomic mass is 10.1. The molecule has 2 N–H and O–H groups in total. The van der Waals surface area contributed by atoms with E-state index in [-0.39, 0.29) is 17.5 Å². The molecule has 0 heterocycles. The van der Waals surface area contributed by atoms with Crippen LogP contribution < -0.4 is 10.6 Å². The van der Waals surface area contributed by atoms with Gasteiger partial charge in [0, 0.05) is 17.8 Å². The van der Waals surface area contributed by atoms with E-state index >= 15 is 0 Å². The third-order valence-electron chi connectivity index (χ3n) is 2.91. The fraction of sp³-hybridized carbons (Fsp3) is 0.353. The molecule has 1 aromatic rings. The van der Waals surface area contributed by atoms with Crippen LogP contribution in [-0.2, 0) is 23.9 Å². The maximum absolute atomic E-state index is 11.7. The van der Waals surface area contributed by atoms with Gasteiger partial charge in [-0.15, -0.1) is 0 Å². The van der Waals surface area contributed by atoms with Crippen molar-refractivity contribution in [3.8, 4) is 0 Å². The standard InChI is InChI=1S/C17H22N2O5/c1-11(2)9-15(20)19-13-7-5-12(6-8-13)18-14(17(22)24-4)10-16(21)23-3/h5-8,10-11,18H,9H2,1-4H3,(H,19,20)/b14-10+. The number of ether oxygens (including phenoxy) is 2. The van der Waals surface area contributed by atoms with Crippen LogP contribution in [0.3, 0.4) is 0 Å². The minimum absolute atomic E-state index is 0.0547. The summed E-state index contributed by atoms with van der Waals surface area (Å²) in [6, 6.07) is 6.71. The van der Waals surface area contributed by atoms with Gasteiger partial charge in [-0.2, -0.15) is 0 Å². The zero-order chi connectivity index (χ0) is 18.1. The Hall–Kier alpha value is -2.83. The van der Waals surface area contributed by atoms with Crippen molar-refractivity contribution in [3.05, 3.63) is 36.0 Å². The maximum atomic E-state index is 11.7. The van der Waals surface area contributed by atoms with Gasteiger partial charge in [-0.1, -0.05) is 13.8 Å². The summed E-state index contributed by atoms with van der Waals surface area (Å²) in [5.41, 5.74) is 1.14. The summed E-state index contributed by atoms with van der Waals surface area (Å²) in [6.07, 6.45) is 1.44. The number of nitrogens with one attached hydrogen (secondary N) is 2. The molecule has 0 fully saturated rings. The van der Waals surface area contributed by atoms with Crippen molar-refractivity contribution in [1.29, 1.82) is 0 Å². The summed E-state index contributed by atoms with van der Waals surface area (Å²) in [4.78, 5) is 34.7. The Morgan fingerprint density at radius 2 is 1.54 bits per heavy atom. The molecule has 0 bridgehead atoms. The molecule has 0 unspecified atom stereocenters. The normalized spacial score (nSPS) is 11.0. The number of anilines is 2. The van der Waals surface area contributed by atoms with Crippen LogP contribution in [0.1, 0.15) is 20.3 Å². The van der Waals surface area contributed by atoms with Crippen LogP contribution in [0.25, 0.3) is 0 Å². The molecule has 0 saturated carbocycles. The first-order chi connectivity index (χ1) is 11.3. The lowest BCUT2D eigenvalue weighted by Gasteiger charge is -2.11. The van der Waals surface area contributed by atoms with Crippen molar-refractivity contribution < 1.29 is 23.9 Å². The number of hydrogen-bond donors (Lipinski definition) is 2. The third-order valence-corrected chi connectivity index (χ3v) is 2.91. The van der Waals surface area contributed by atoms with Gasteiger partial charge in [0.05, 0.1) is 20.3 Å². The van der Waals surface area contributed by atoms with Crippen molar-refractivity contribution >= 4 is 29.2 Å². The van der Waals surface area contributed by atoms with E-state index in [1.165, 1.54) is 14.2 Å². The molecule has 0 atom stereocenters. The summed E-state index contributed by atoms with van der Waals surface area (Å²) in [7, 11) is 2.42. The molecular weight excluding hydrogens is 312 g/mol. The zero-order valence-corrected chi connectivity index (χ0v) is 14.2. The van der Waals surface area contributed by atoms with Crippen LogP contribution in [0.2, 0.25) is 0 Å². The fourth-order valence-electron chi connectivity index (χ4n) is 1.81. The highest BCUT2D eigenvalue weighted by Gasteiger charge is 2.13. The fourth-order valence-corrected chi connectivity index (χ4v) is 1.81. The molecule has 1 aromatic carbocycles. The summed E-state index contributed by atoms with van der Waals surface area (Å²) in [5.74, 6) is -1.17. The number of esters is 2. The number of methoxy groups -OCH3 is 2. The predicted molar refractivity (Wildman–Crippen MR) is 90.3 cm³/mol. The summed E-state index contributed by atoms with van der Waals surface area (Å²) >= 11 is 0. The minimum Gasteiger partial charge on any atom is -0.466 e. The smallest absolute Gasteiger partial charge is 0.354 e. The summed E-state index contributed by atoms with van der Waals surface area (Å²) in [5, 5.41) is 5.56. The topological polar surface area (TPSA) is 93.7 Å². The Kier molecular flexibility index (Phi) is 7.48. The van der Waals surface area contributed by atoms with Gasteiger partial charge in [-0.3, -0.25) is 4.79 Å². The van der Waals surface area contributed by atoms with E-state index in [1.807, 2.05) is 13.8 Å². The van der Waals surface area contributed by atoms with Crippen LogP contribution in [0.5, 0.6) is 0 Å². The van der Waals surface area contributed by atoms with Crippen molar-refractivity contribution in [1.82, 2.24) is 0 Å².